The van der Waals surface area contributed by atoms with Gasteiger partial charge in [0.1, 0.15) is 5.75 Å². The smallest absolute Gasteiger partial charge is 0.279 e. The molecule has 0 aromatic heterocycles. The van der Waals surface area contributed by atoms with Crippen molar-refractivity contribution in [2.24, 2.45) is 0 Å². The first kappa shape index (κ1) is 12.9. The average molecular weight is 249 g/mol. The lowest BCUT2D eigenvalue weighted by Gasteiger charge is -2.28. The fraction of sp³-hybridized carbons (Fsp3) is 0.500. The Morgan fingerprint density at radius 3 is 2.44 bits per heavy atom. The van der Waals surface area contributed by atoms with E-state index in [1.807, 2.05) is 24.3 Å². The molecule has 0 atom stereocenters. The minimum absolute atomic E-state index is 0.0876. The molecule has 1 aliphatic heterocycles. The molecule has 2 rings (SSSR count). The van der Waals surface area contributed by atoms with Gasteiger partial charge in [0, 0.05) is 18.5 Å². The Hall–Kier alpha value is -1.55. The number of amides is 1. The van der Waals surface area contributed by atoms with E-state index in [-0.39, 0.29) is 5.91 Å². The van der Waals surface area contributed by atoms with Gasteiger partial charge in [-0.15, -0.1) is 0 Å². The number of hydrogen-bond acceptors (Lipinski definition) is 2. The van der Waals surface area contributed by atoms with Crippen LogP contribution in [0.5, 0.6) is 5.75 Å². The lowest BCUT2D eigenvalue weighted by Crippen LogP contribution is -2.46. The summed E-state index contributed by atoms with van der Waals surface area (Å²) in [6.07, 6.45) is 2.46. The van der Waals surface area contributed by atoms with Crippen LogP contribution in [0.3, 0.4) is 0 Å². The zero-order valence-electron chi connectivity index (χ0n) is 11.1. The Labute approximate surface area is 108 Å². The van der Waals surface area contributed by atoms with Crippen molar-refractivity contribution in [3.63, 3.8) is 0 Å². The van der Waals surface area contributed by atoms with Crippen LogP contribution in [0, 0.1) is 0 Å². The third kappa shape index (κ3) is 3.23. The van der Waals surface area contributed by atoms with E-state index in [0.717, 1.165) is 29.0 Å². The van der Waals surface area contributed by atoms with Crippen molar-refractivity contribution in [2.45, 2.75) is 12.8 Å². The van der Waals surface area contributed by atoms with Gasteiger partial charge >= 0.3 is 0 Å². The maximum Gasteiger partial charge on any atom is 0.279 e. The fourth-order valence-corrected chi connectivity index (χ4v) is 2.48. The summed E-state index contributed by atoms with van der Waals surface area (Å²) in [7, 11) is 3.78. The second kappa shape index (κ2) is 5.40. The highest BCUT2D eigenvalue weighted by Crippen LogP contribution is 2.18. The van der Waals surface area contributed by atoms with Crippen LogP contribution in [0.15, 0.2) is 24.3 Å². The van der Waals surface area contributed by atoms with Crippen LogP contribution in [0.25, 0.3) is 0 Å². The van der Waals surface area contributed by atoms with Crippen molar-refractivity contribution in [3.05, 3.63) is 24.3 Å². The standard InChI is InChI=1S/C14H20N2O2/c1-16(9-3-4-10-16)11-14(17)15-12-5-7-13(18-2)8-6-12/h5-8H,3-4,9-11H2,1-2H3/p+1. The Bertz CT molecular complexity index is 408. The third-order valence-electron chi connectivity index (χ3n) is 3.54. The highest BCUT2D eigenvalue weighted by atomic mass is 16.5. The summed E-state index contributed by atoms with van der Waals surface area (Å²) in [5.41, 5.74) is 0.826. The first-order valence-corrected chi connectivity index (χ1v) is 6.39. The van der Waals surface area contributed by atoms with Crippen molar-refractivity contribution < 1.29 is 14.0 Å². The molecule has 18 heavy (non-hydrogen) atoms. The summed E-state index contributed by atoms with van der Waals surface area (Å²) < 4.78 is 5.95. The molecule has 1 fully saturated rings. The van der Waals surface area contributed by atoms with E-state index in [9.17, 15) is 4.79 Å². The summed E-state index contributed by atoms with van der Waals surface area (Å²) in [6, 6.07) is 7.42. The SMILES string of the molecule is COc1ccc(NC(=O)C[N+]2(C)CCCC2)cc1. The maximum absolute atomic E-state index is 12.0. The first-order chi connectivity index (χ1) is 8.61. The van der Waals surface area contributed by atoms with Gasteiger partial charge in [-0.2, -0.15) is 0 Å². The van der Waals surface area contributed by atoms with Crippen molar-refractivity contribution in [2.75, 3.05) is 39.1 Å². The van der Waals surface area contributed by atoms with Crippen LogP contribution in [-0.4, -0.2) is 44.2 Å². The summed E-state index contributed by atoms with van der Waals surface area (Å²) >= 11 is 0. The lowest BCUT2D eigenvalue weighted by molar-refractivity contribution is -0.889. The molecule has 1 heterocycles. The molecule has 1 aromatic carbocycles. The predicted octanol–water partition coefficient (Wildman–Crippen LogP) is 1.87. The number of rotatable bonds is 4. The summed E-state index contributed by atoms with van der Waals surface area (Å²) in [5, 5.41) is 2.94. The Balaban J connectivity index is 1.90. The van der Waals surface area contributed by atoms with Gasteiger partial charge < -0.3 is 14.5 Å². The number of ether oxygens (including phenoxy) is 1. The number of quaternary nitrogens is 1. The van der Waals surface area contributed by atoms with Crippen LogP contribution in [-0.2, 0) is 4.79 Å². The molecule has 0 spiro atoms. The van der Waals surface area contributed by atoms with Crippen LogP contribution < -0.4 is 10.1 Å². The van der Waals surface area contributed by atoms with Crippen LogP contribution in [0.4, 0.5) is 5.69 Å². The lowest BCUT2D eigenvalue weighted by atomic mass is 10.3. The van der Waals surface area contributed by atoms with Gasteiger partial charge in [-0.25, -0.2) is 0 Å². The zero-order valence-corrected chi connectivity index (χ0v) is 11.1. The van der Waals surface area contributed by atoms with Gasteiger partial charge in [-0.3, -0.25) is 4.79 Å². The van der Waals surface area contributed by atoms with E-state index in [2.05, 4.69) is 12.4 Å². The van der Waals surface area contributed by atoms with E-state index in [1.54, 1.807) is 7.11 Å². The maximum atomic E-state index is 12.0. The minimum Gasteiger partial charge on any atom is -0.497 e. The number of nitrogens with one attached hydrogen (secondary N) is 1. The molecule has 4 nitrogen and oxygen atoms in total. The van der Waals surface area contributed by atoms with Gasteiger partial charge in [0.25, 0.3) is 5.91 Å². The number of likely N-dealkylation sites (N-methyl/N-ethyl adjacent to an activating group) is 1. The van der Waals surface area contributed by atoms with Gasteiger partial charge in [0.05, 0.1) is 27.2 Å². The molecule has 1 amide bonds. The number of nitrogens with zero attached hydrogens (tertiary/aromatic N) is 1. The fourth-order valence-electron chi connectivity index (χ4n) is 2.48. The van der Waals surface area contributed by atoms with E-state index in [4.69, 9.17) is 4.74 Å². The summed E-state index contributed by atoms with van der Waals surface area (Å²) in [5.74, 6) is 0.885. The minimum atomic E-state index is 0.0876. The quantitative estimate of drug-likeness (QED) is 0.827. The molecule has 1 aromatic rings. The molecule has 4 heteroatoms. The number of carbonyl (C=O) groups excluding carboxylic acids is 1. The van der Waals surface area contributed by atoms with Crippen molar-refractivity contribution in [1.82, 2.24) is 0 Å². The second-order valence-electron chi connectivity index (χ2n) is 5.21. The topological polar surface area (TPSA) is 38.3 Å². The van der Waals surface area contributed by atoms with Gasteiger partial charge in [-0.05, 0) is 24.3 Å². The number of hydrogen-bond donors (Lipinski definition) is 1. The van der Waals surface area contributed by atoms with Crippen LogP contribution in [0.1, 0.15) is 12.8 Å². The van der Waals surface area contributed by atoms with Gasteiger partial charge in [0.2, 0.25) is 0 Å². The number of anilines is 1. The second-order valence-corrected chi connectivity index (χ2v) is 5.21. The van der Waals surface area contributed by atoms with Crippen molar-refractivity contribution >= 4 is 11.6 Å². The van der Waals surface area contributed by atoms with E-state index in [1.165, 1.54) is 12.8 Å². The highest BCUT2D eigenvalue weighted by molar-refractivity contribution is 5.91. The Morgan fingerprint density at radius 2 is 1.89 bits per heavy atom. The molecule has 1 N–H and O–H groups in total. The molecule has 98 valence electrons. The summed E-state index contributed by atoms with van der Waals surface area (Å²) in [6.45, 7) is 2.78. The molecule has 0 unspecified atom stereocenters. The van der Waals surface area contributed by atoms with Gasteiger partial charge in [-0.1, -0.05) is 0 Å². The molecule has 0 radical (unpaired) electrons. The molecule has 0 bridgehead atoms. The largest absolute Gasteiger partial charge is 0.497 e. The average Bonchev–Trinajstić information content (AvgIpc) is 2.76. The number of benzene rings is 1. The van der Waals surface area contributed by atoms with E-state index < -0.39 is 0 Å². The normalized spacial score (nSPS) is 17.4. The molecule has 0 aliphatic carbocycles. The van der Waals surface area contributed by atoms with Crippen LogP contribution >= 0.6 is 0 Å². The number of methoxy groups -OCH3 is 1. The Morgan fingerprint density at radius 1 is 1.28 bits per heavy atom. The summed E-state index contributed by atoms with van der Waals surface area (Å²) in [4.78, 5) is 12.0. The molecule has 0 saturated carbocycles. The van der Waals surface area contributed by atoms with Crippen molar-refractivity contribution in [1.29, 1.82) is 0 Å². The molecule has 1 aliphatic rings. The number of likely N-dealkylation sites (tertiary alicyclic amines) is 1. The van der Waals surface area contributed by atoms with Gasteiger partial charge in [0.15, 0.2) is 6.54 Å². The first-order valence-electron chi connectivity index (χ1n) is 6.39. The van der Waals surface area contributed by atoms with E-state index >= 15 is 0 Å². The monoisotopic (exact) mass is 249 g/mol. The van der Waals surface area contributed by atoms with Crippen molar-refractivity contribution in [3.8, 4) is 5.75 Å². The van der Waals surface area contributed by atoms with E-state index in [0.29, 0.717) is 6.54 Å². The number of carbonyl (C=O) groups is 1. The molecular weight excluding hydrogens is 228 g/mol. The Kier molecular flexibility index (Phi) is 3.87. The third-order valence-corrected chi connectivity index (χ3v) is 3.54. The predicted molar refractivity (Wildman–Crippen MR) is 71.6 cm³/mol. The zero-order chi connectivity index (χ0) is 13.0. The molecular formula is C14H21N2O2+. The highest BCUT2D eigenvalue weighted by Gasteiger charge is 2.29. The molecule has 1 saturated heterocycles. The van der Waals surface area contributed by atoms with Crippen LogP contribution in [0.2, 0.25) is 0 Å².